The van der Waals surface area contributed by atoms with Gasteiger partial charge in [0.25, 0.3) is 0 Å². The van der Waals surface area contributed by atoms with Gasteiger partial charge in [-0.05, 0) is 49.1 Å². The first kappa shape index (κ1) is 13.5. The van der Waals surface area contributed by atoms with Crippen molar-refractivity contribution in [3.8, 4) is 5.75 Å². The Kier molecular flexibility index (Phi) is 4.10. The Morgan fingerprint density at radius 3 is 2.58 bits per heavy atom. The maximum atomic E-state index is 9.56. The van der Waals surface area contributed by atoms with E-state index in [1.54, 1.807) is 6.07 Å². The van der Waals surface area contributed by atoms with Gasteiger partial charge >= 0.3 is 0 Å². The Morgan fingerprint density at radius 2 is 1.89 bits per heavy atom. The van der Waals surface area contributed by atoms with Gasteiger partial charge in [-0.3, -0.25) is 0 Å². The molecule has 0 saturated carbocycles. The molecule has 1 unspecified atom stereocenters. The van der Waals surface area contributed by atoms with Crippen LogP contribution in [0.5, 0.6) is 5.75 Å². The molecule has 2 rings (SSSR count). The third kappa shape index (κ3) is 3.08. The third-order valence-electron chi connectivity index (χ3n) is 3.47. The molecule has 1 atom stereocenters. The molecule has 0 amide bonds. The van der Waals surface area contributed by atoms with E-state index in [1.807, 2.05) is 18.2 Å². The molecule has 0 aliphatic heterocycles. The summed E-state index contributed by atoms with van der Waals surface area (Å²) in [5.74, 6) is 0.312. The molecule has 0 aromatic heterocycles. The summed E-state index contributed by atoms with van der Waals surface area (Å²) in [6.07, 6.45) is 1.01. The fourth-order valence-corrected chi connectivity index (χ4v) is 2.32. The molecule has 0 saturated heterocycles. The molecule has 0 spiro atoms. The lowest BCUT2D eigenvalue weighted by molar-refractivity contribution is 0.474. The Hall–Kier alpha value is -1.96. The molecule has 0 fully saturated rings. The molecule has 0 bridgehead atoms. The number of para-hydroxylation sites is 1. The largest absolute Gasteiger partial charge is 0.508 e. The molecule has 2 N–H and O–H groups in total. The highest BCUT2D eigenvalue weighted by Gasteiger charge is 2.10. The van der Waals surface area contributed by atoms with Gasteiger partial charge in [0.2, 0.25) is 0 Å². The Morgan fingerprint density at radius 1 is 1.16 bits per heavy atom. The van der Waals surface area contributed by atoms with Crippen molar-refractivity contribution in [3.63, 3.8) is 0 Å². The van der Waals surface area contributed by atoms with E-state index in [9.17, 15) is 5.11 Å². The van der Waals surface area contributed by atoms with Crippen LogP contribution >= 0.6 is 0 Å². The zero-order valence-electron chi connectivity index (χ0n) is 11.8. The first-order valence-electron chi connectivity index (χ1n) is 6.75. The number of benzene rings is 2. The zero-order chi connectivity index (χ0) is 13.8. The second-order valence-electron chi connectivity index (χ2n) is 4.92. The number of nitrogens with one attached hydrogen (secondary N) is 1. The number of hydrogen-bond acceptors (Lipinski definition) is 2. The van der Waals surface area contributed by atoms with Gasteiger partial charge in [0.05, 0.1) is 0 Å². The van der Waals surface area contributed by atoms with E-state index >= 15 is 0 Å². The predicted octanol–water partition coefficient (Wildman–Crippen LogP) is 4.44. The molecular weight excluding hydrogens is 234 g/mol. The number of aromatic hydroxyl groups is 1. The summed E-state index contributed by atoms with van der Waals surface area (Å²) >= 11 is 0. The highest BCUT2D eigenvalue weighted by atomic mass is 16.3. The van der Waals surface area contributed by atoms with Crippen molar-refractivity contribution in [2.75, 3.05) is 5.32 Å². The van der Waals surface area contributed by atoms with Crippen molar-refractivity contribution in [3.05, 3.63) is 59.2 Å². The van der Waals surface area contributed by atoms with Crippen LogP contribution in [0.25, 0.3) is 0 Å². The van der Waals surface area contributed by atoms with Gasteiger partial charge in [0.15, 0.2) is 0 Å². The Labute approximate surface area is 115 Å². The summed E-state index contributed by atoms with van der Waals surface area (Å²) < 4.78 is 0. The number of rotatable bonds is 4. The van der Waals surface area contributed by atoms with Crippen LogP contribution in [0.4, 0.5) is 5.69 Å². The van der Waals surface area contributed by atoms with E-state index in [2.05, 4.69) is 44.3 Å². The molecule has 100 valence electrons. The van der Waals surface area contributed by atoms with Crippen LogP contribution in [0.2, 0.25) is 0 Å². The predicted molar refractivity (Wildman–Crippen MR) is 80.7 cm³/mol. The van der Waals surface area contributed by atoms with Crippen molar-refractivity contribution in [1.82, 2.24) is 0 Å². The molecule has 0 heterocycles. The molecule has 2 aromatic carbocycles. The first-order valence-corrected chi connectivity index (χ1v) is 6.75. The van der Waals surface area contributed by atoms with Crippen LogP contribution in [0.1, 0.15) is 36.6 Å². The summed E-state index contributed by atoms with van der Waals surface area (Å²) in [5.41, 5.74) is 4.88. The summed E-state index contributed by atoms with van der Waals surface area (Å²) in [6.45, 7) is 6.40. The Balaban J connectivity index is 2.26. The fourth-order valence-electron chi connectivity index (χ4n) is 2.32. The quantitative estimate of drug-likeness (QED) is 0.846. The average molecular weight is 255 g/mol. The van der Waals surface area contributed by atoms with Gasteiger partial charge in [-0.15, -0.1) is 0 Å². The van der Waals surface area contributed by atoms with E-state index in [0.717, 1.165) is 12.0 Å². The Bertz CT molecular complexity index is 563. The lowest BCUT2D eigenvalue weighted by Gasteiger charge is -2.20. The van der Waals surface area contributed by atoms with Gasteiger partial charge in [0.1, 0.15) is 5.75 Å². The maximum Gasteiger partial charge on any atom is 0.115 e. The molecule has 2 aromatic rings. The molecular formula is C17H21NO. The second-order valence-corrected chi connectivity index (χ2v) is 4.92. The van der Waals surface area contributed by atoms with Crippen LogP contribution in [0.15, 0.2) is 42.5 Å². The van der Waals surface area contributed by atoms with E-state index in [0.29, 0.717) is 5.75 Å². The number of phenols is 1. The number of hydrogen-bond donors (Lipinski definition) is 2. The summed E-state index contributed by atoms with van der Waals surface area (Å²) in [7, 11) is 0. The van der Waals surface area contributed by atoms with Gasteiger partial charge in [-0.1, -0.05) is 37.3 Å². The molecule has 2 nitrogen and oxygen atoms in total. The highest BCUT2D eigenvalue weighted by molar-refractivity contribution is 5.58. The van der Waals surface area contributed by atoms with E-state index < -0.39 is 0 Å². The van der Waals surface area contributed by atoms with Crippen LogP contribution in [-0.2, 0) is 6.42 Å². The van der Waals surface area contributed by atoms with Gasteiger partial charge < -0.3 is 10.4 Å². The summed E-state index contributed by atoms with van der Waals surface area (Å²) in [6, 6.07) is 13.9. The molecule has 0 radical (unpaired) electrons. The van der Waals surface area contributed by atoms with E-state index in [-0.39, 0.29) is 6.04 Å². The molecule has 2 heteroatoms. The van der Waals surface area contributed by atoms with E-state index in [1.165, 1.54) is 16.8 Å². The van der Waals surface area contributed by atoms with Gasteiger partial charge in [-0.2, -0.15) is 0 Å². The zero-order valence-corrected chi connectivity index (χ0v) is 11.8. The van der Waals surface area contributed by atoms with Crippen molar-refractivity contribution in [2.24, 2.45) is 0 Å². The minimum Gasteiger partial charge on any atom is -0.508 e. The smallest absolute Gasteiger partial charge is 0.115 e. The number of anilines is 1. The van der Waals surface area contributed by atoms with Crippen molar-refractivity contribution in [1.29, 1.82) is 0 Å². The van der Waals surface area contributed by atoms with Gasteiger partial charge in [0, 0.05) is 11.7 Å². The van der Waals surface area contributed by atoms with Gasteiger partial charge in [-0.25, -0.2) is 0 Å². The van der Waals surface area contributed by atoms with E-state index in [4.69, 9.17) is 0 Å². The second kappa shape index (κ2) is 5.79. The van der Waals surface area contributed by atoms with Crippen molar-refractivity contribution in [2.45, 2.75) is 33.2 Å². The normalized spacial score (nSPS) is 12.2. The minimum atomic E-state index is 0.165. The van der Waals surface area contributed by atoms with Crippen LogP contribution in [-0.4, -0.2) is 5.11 Å². The van der Waals surface area contributed by atoms with Crippen LogP contribution < -0.4 is 5.32 Å². The lowest BCUT2D eigenvalue weighted by Crippen LogP contribution is -2.09. The maximum absolute atomic E-state index is 9.56. The lowest BCUT2D eigenvalue weighted by atomic mass is 10.0. The first-order chi connectivity index (χ1) is 9.11. The molecule has 19 heavy (non-hydrogen) atoms. The summed E-state index contributed by atoms with van der Waals surface area (Å²) in [5, 5.41) is 13.1. The average Bonchev–Trinajstić information content (AvgIpc) is 2.41. The fraction of sp³-hybridized carbons (Fsp3) is 0.294. The molecule has 0 aliphatic rings. The number of phenolic OH excluding ortho intramolecular Hbond substituents is 1. The minimum absolute atomic E-state index is 0.165. The van der Waals surface area contributed by atoms with Crippen LogP contribution in [0, 0.1) is 6.92 Å². The topological polar surface area (TPSA) is 32.3 Å². The summed E-state index contributed by atoms with van der Waals surface area (Å²) in [4.78, 5) is 0. The third-order valence-corrected chi connectivity index (χ3v) is 3.47. The highest BCUT2D eigenvalue weighted by Crippen LogP contribution is 2.27. The standard InChI is InChI=1S/C17H21NO/c1-4-14-8-5-7-12(2)17(14)18-13(3)15-9-6-10-16(19)11-15/h5-11,13,18-19H,4H2,1-3H3. The molecule has 0 aliphatic carbocycles. The monoisotopic (exact) mass is 255 g/mol. The number of aryl methyl sites for hydroxylation is 2. The van der Waals surface area contributed by atoms with Crippen molar-refractivity contribution >= 4 is 5.69 Å². The SMILES string of the molecule is CCc1cccc(C)c1NC(C)c1cccc(O)c1. The van der Waals surface area contributed by atoms with Crippen molar-refractivity contribution < 1.29 is 5.11 Å². The van der Waals surface area contributed by atoms with Crippen LogP contribution in [0.3, 0.4) is 0 Å².